The molecule has 3 nitrogen and oxygen atoms in total. The average Bonchev–Trinajstić information content (AvgIpc) is 2.55. The van der Waals surface area contributed by atoms with Crippen molar-refractivity contribution < 1.29 is 26.0 Å². The second kappa shape index (κ2) is 7.21. The van der Waals surface area contributed by atoms with E-state index in [1.807, 2.05) is 0 Å². The van der Waals surface area contributed by atoms with E-state index < -0.39 is 38.2 Å². The van der Waals surface area contributed by atoms with E-state index in [2.05, 4.69) is 5.32 Å². The lowest BCUT2D eigenvalue weighted by Crippen LogP contribution is -2.13. The summed E-state index contributed by atoms with van der Waals surface area (Å²) in [4.78, 5) is -0.506. The molecular formula is C16H15F4NO2S. The fourth-order valence-electron chi connectivity index (χ4n) is 2.23. The van der Waals surface area contributed by atoms with E-state index in [9.17, 15) is 26.0 Å². The molecule has 0 saturated heterocycles. The smallest absolute Gasteiger partial charge is 0.341 e. The van der Waals surface area contributed by atoms with Gasteiger partial charge < -0.3 is 5.32 Å². The van der Waals surface area contributed by atoms with E-state index in [4.69, 9.17) is 0 Å². The molecule has 1 N–H and O–H groups in total. The first-order valence-electron chi connectivity index (χ1n) is 7.09. The van der Waals surface area contributed by atoms with Crippen molar-refractivity contribution in [3.05, 3.63) is 59.7 Å². The maximum Gasteiger partial charge on any atom is 0.341 e. The molecule has 130 valence electrons. The standard InChI is InChI=1S/C16H15F4NO2S/c1-2-15(13-9-10(17)3-8-14(13)18)21-11-4-6-12(7-5-11)24(22,23)16(19)20/h3-9,15-16,21H,2H2,1H3. The molecule has 0 amide bonds. The Kier molecular flexibility index (Phi) is 5.48. The Morgan fingerprint density at radius 2 is 1.67 bits per heavy atom. The lowest BCUT2D eigenvalue weighted by atomic mass is 10.0. The number of benzene rings is 2. The van der Waals surface area contributed by atoms with E-state index in [0.29, 0.717) is 12.1 Å². The number of hydrogen-bond acceptors (Lipinski definition) is 3. The zero-order valence-electron chi connectivity index (χ0n) is 12.6. The Morgan fingerprint density at radius 3 is 2.21 bits per heavy atom. The predicted octanol–water partition coefficient (Wildman–Crippen LogP) is 4.52. The minimum atomic E-state index is -4.66. The lowest BCUT2D eigenvalue weighted by molar-refractivity contribution is 0.234. The lowest BCUT2D eigenvalue weighted by Gasteiger charge is -2.19. The number of hydrogen-bond donors (Lipinski definition) is 1. The van der Waals surface area contributed by atoms with Crippen molar-refractivity contribution in [2.24, 2.45) is 0 Å². The van der Waals surface area contributed by atoms with Crippen molar-refractivity contribution in [1.29, 1.82) is 0 Å². The summed E-state index contributed by atoms with van der Waals surface area (Å²) in [6.07, 6.45) is 0.428. The third-order valence-corrected chi connectivity index (χ3v) is 4.90. The monoisotopic (exact) mass is 361 g/mol. The Labute approximate surface area is 137 Å². The summed E-state index contributed by atoms with van der Waals surface area (Å²) in [7, 11) is -4.66. The van der Waals surface area contributed by atoms with Crippen LogP contribution in [0.5, 0.6) is 0 Å². The highest BCUT2D eigenvalue weighted by atomic mass is 32.2. The van der Waals surface area contributed by atoms with Gasteiger partial charge in [0, 0.05) is 11.3 Å². The van der Waals surface area contributed by atoms with Gasteiger partial charge >= 0.3 is 5.76 Å². The summed E-state index contributed by atoms with van der Waals surface area (Å²) < 4.78 is 74.9. The maximum absolute atomic E-state index is 13.8. The molecule has 0 saturated carbocycles. The van der Waals surface area contributed by atoms with Crippen LogP contribution in [0.1, 0.15) is 24.9 Å². The molecule has 0 aliphatic heterocycles. The molecule has 24 heavy (non-hydrogen) atoms. The molecular weight excluding hydrogens is 346 g/mol. The van der Waals surface area contributed by atoms with Gasteiger partial charge in [0.1, 0.15) is 11.6 Å². The predicted molar refractivity (Wildman–Crippen MR) is 82.6 cm³/mol. The van der Waals surface area contributed by atoms with Crippen molar-refractivity contribution in [3.8, 4) is 0 Å². The quantitative estimate of drug-likeness (QED) is 0.770. The zero-order valence-corrected chi connectivity index (χ0v) is 13.5. The van der Waals surface area contributed by atoms with E-state index in [1.165, 1.54) is 12.1 Å². The highest BCUT2D eigenvalue weighted by Gasteiger charge is 2.26. The van der Waals surface area contributed by atoms with Gasteiger partial charge in [0.25, 0.3) is 0 Å². The van der Waals surface area contributed by atoms with Crippen molar-refractivity contribution in [2.75, 3.05) is 5.32 Å². The molecule has 0 spiro atoms. The molecule has 0 aliphatic rings. The topological polar surface area (TPSA) is 46.2 Å². The minimum absolute atomic E-state index is 0.127. The highest BCUT2D eigenvalue weighted by Crippen LogP contribution is 2.27. The second-order valence-electron chi connectivity index (χ2n) is 5.10. The second-order valence-corrected chi connectivity index (χ2v) is 7.02. The first-order chi connectivity index (χ1) is 11.3. The van der Waals surface area contributed by atoms with Gasteiger partial charge in [-0.25, -0.2) is 17.2 Å². The Morgan fingerprint density at radius 1 is 1.04 bits per heavy atom. The van der Waals surface area contributed by atoms with Crippen LogP contribution in [0.2, 0.25) is 0 Å². The van der Waals surface area contributed by atoms with Crippen LogP contribution in [0.25, 0.3) is 0 Å². The highest BCUT2D eigenvalue weighted by molar-refractivity contribution is 7.91. The average molecular weight is 361 g/mol. The number of sulfone groups is 1. The van der Waals surface area contributed by atoms with Crippen molar-refractivity contribution >= 4 is 15.5 Å². The maximum atomic E-state index is 13.8. The molecule has 0 fully saturated rings. The number of anilines is 1. The third kappa shape index (κ3) is 3.87. The normalized spacial score (nSPS) is 13.1. The van der Waals surface area contributed by atoms with E-state index in [1.54, 1.807) is 6.92 Å². The van der Waals surface area contributed by atoms with Gasteiger partial charge in [0.15, 0.2) is 0 Å². The van der Waals surface area contributed by atoms with Crippen molar-refractivity contribution in [1.82, 2.24) is 0 Å². The number of nitrogens with one attached hydrogen (secondary N) is 1. The van der Waals surface area contributed by atoms with Crippen LogP contribution in [0.3, 0.4) is 0 Å². The molecule has 0 radical (unpaired) electrons. The summed E-state index contributed by atoms with van der Waals surface area (Å²) in [6, 6.07) is 7.23. The molecule has 0 aromatic heterocycles. The summed E-state index contributed by atoms with van der Waals surface area (Å²) in [5, 5.41) is 2.93. The van der Waals surface area contributed by atoms with E-state index in [-0.39, 0.29) is 5.56 Å². The zero-order chi connectivity index (χ0) is 17.9. The molecule has 1 atom stereocenters. The first kappa shape index (κ1) is 18.3. The molecule has 0 aliphatic carbocycles. The van der Waals surface area contributed by atoms with Crippen LogP contribution in [0.4, 0.5) is 23.2 Å². The molecule has 2 rings (SSSR count). The molecule has 2 aromatic rings. The van der Waals surface area contributed by atoms with Gasteiger partial charge in [-0.2, -0.15) is 8.78 Å². The van der Waals surface area contributed by atoms with Gasteiger partial charge in [0.2, 0.25) is 9.84 Å². The summed E-state index contributed by atoms with van der Waals surface area (Å²) in [6.45, 7) is 1.76. The van der Waals surface area contributed by atoms with Gasteiger partial charge in [-0.3, -0.25) is 0 Å². The molecule has 2 aromatic carbocycles. The molecule has 1 unspecified atom stereocenters. The minimum Gasteiger partial charge on any atom is -0.378 e. The number of rotatable bonds is 6. The van der Waals surface area contributed by atoms with Gasteiger partial charge in [-0.05, 0) is 48.9 Å². The van der Waals surface area contributed by atoms with Crippen molar-refractivity contribution in [3.63, 3.8) is 0 Å². The fourth-order valence-corrected chi connectivity index (χ4v) is 2.95. The largest absolute Gasteiger partial charge is 0.378 e. The van der Waals surface area contributed by atoms with E-state index >= 15 is 0 Å². The molecule has 0 heterocycles. The van der Waals surface area contributed by atoms with Crippen molar-refractivity contribution in [2.45, 2.75) is 30.0 Å². The summed E-state index contributed by atoms with van der Waals surface area (Å²) in [5.41, 5.74) is 0.528. The number of alkyl halides is 2. The Bertz CT molecular complexity index is 807. The van der Waals surface area contributed by atoms with Crippen LogP contribution in [0, 0.1) is 11.6 Å². The fraction of sp³-hybridized carbons (Fsp3) is 0.250. The van der Waals surface area contributed by atoms with Crippen LogP contribution in [0.15, 0.2) is 47.4 Å². The Balaban J connectivity index is 2.25. The Hall–Kier alpha value is -2.09. The van der Waals surface area contributed by atoms with Gasteiger partial charge in [-0.1, -0.05) is 6.92 Å². The van der Waals surface area contributed by atoms with E-state index in [0.717, 1.165) is 30.3 Å². The molecule has 8 heteroatoms. The molecule has 0 bridgehead atoms. The van der Waals surface area contributed by atoms with Gasteiger partial charge in [-0.15, -0.1) is 0 Å². The van der Waals surface area contributed by atoms with Crippen LogP contribution < -0.4 is 5.32 Å². The van der Waals surface area contributed by atoms with Crippen LogP contribution >= 0.6 is 0 Å². The third-order valence-electron chi connectivity index (χ3n) is 3.50. The van der Waals surface area contributed by atoms with Crippen LogP contribution in [-0.4, -0.2) is 14.2 Å². The summed E-state index contributed by atoms with van der Waals surface area (Å²) in [5.74, 6) is -4.65. The summed E-state index contributed by atoms with van der Waals surface area (Å²) >= 11 is 0. The van der Waals surface area contributed by atoms with Gasteiger partial charge in [0.05, 0.1) is 10.9 Å². The number of halogens is 4. The SMILES string of the molecule is CCC(Nc1ccc(S(=O)(=O)C(F)F)cc1)c1cc(F)ccc1F. The first-order valence-corrected chi connectivity index (χ1v) is 8.64. The van der Waals surface area contributed by atoms with Crippen LogP contribution in [-0.2, 0) is 9.84 Å².